The number of urea groups is 1. The van der Waals surface area contributed by atoms with Crippen LogP contribution >= 0.6 is 0 Å². The van der Waals surface area contributed by atoms with E-state index in [1.807, 2.05) is 6.92 Å². The Morgan fingerprint density at radius 3 is 2.67 bits per heavy atom. The van der Waals surface area contributed by atoms with Crippen LogP contribution in [-0.2, 0) is 9.53 Å². The van der Waals surface area contributed by atoms with Crippen LogP contribution in [0, 0.1) is 5.92 Å². The maximum Gasteiger partial charge on any atom is 0.326 e. The normalized spacial score (nSPS) is 29.4. The van der Waals surface area contributed by atoms with Gasteiger partial charge in [-0.05, 0) is 38.5 Å². The zero-order valence-electron chi connectivity index (χ0n) is 10.6. The van der Waals surface area contributed by atoms with E-state index in [0.29, 0.717) is 6.61 Å². The maximum absolute atomic E-state index is 11.8. The molecule has 0 radical (unpaired) electrons. The predicted molar refractivity (Wildman–Crippen MR) is 64.3 cm³/mol. The van der Waals surface area contributed by atoms with Crippen molar-refractivity contribution in [2.75, 3.05) is 13.2 Å². The minimum absolute atomic E-state index is 0.0867. The third-order valence-corrected chi connectivity index (χ3v) is 3.50. The molecule has 0 aromatic rings. The van der Waals surface area contributed by atoms with E-state index in [-0.39, 0.29) is 5.92 Å². The third kappa shape index (κ3) is 3.35. The number of aliphatic carboxylic acids is 1. The van der Waals surface area contributed by atoms with Crippen molar-refractivity contribution in [3.05, 3.63) is 0 Å². The zero-order valence-corrected chi connectivity index (χ0v) is 10.6. The van der Waals surface area contributed by atoms with E-state index >= 15 is 0 Å². The van der Waals surface area contributed by atoms with E-state index in [4.69, 9.17) is 9.84 Å². The molecule has 0 aromatic carbocycles. The molecule has 0 aromatic heterocycles. The zero-order chi connectivity index (χ0) is 13.2. The van der Waals surface area contributed by atoms with Crippen LogP contribution in [0.25, 0.3) is 0 Å². The summed E-state index contributed by atoms with van der Waals surface area (Å²) in [5.41, 5.74) is -0.394. The monoisotopic (exact) mass is 256 g/mol. The van der Waals surface area contributed by atoms with Gasteiger partial charge >= 0.3 is 12.0 Å². The number of hydrogen-bond acceptors (Lipinski definition) is 3. The highest BCUT2D eigenvalue weighted by Crippen LogP contribution is 2.32. The van der Waals surface area contributed by atoms with Gasteiger partial charge in [-0.1, -0.05) is 0 Å². The number of carbonyl (C=O) groups is 2. The highest BCUT2D eigenvalue weighted by atomic mass is 16.5. The first kappa shape index (κ1) is 13.1. The molecule has 0 bridgehead atoms. The van der Waals surface area contributed by atoms with E-state index in [1.165, 1.54) is 0 Å². The molecule has 2 fully saturated rings. The molecule has 1 saturated carbocycles. The van der Waals surface area contributed by atoms with Gasteiger partial charge in [-0.2, -0.15) is 0 Å². The molecule has 6 nitrogen and oxygen atoms in total. The summed E-state index contributed by atoms with van der Waals surface area (Å²) in [7, 11) is 0. The lowest BCUT2D eigenvalue weighted by Crippen LogP contribution is -2.57. The molecule has 6 heteroatoms. The van der Waals surface area contributed by atoms with Crippen LogP contribution in [0.15, 0.2) is 0 Å². The van der Waals surface area contributed by atoms with Gasteiger partial charge in [0.25, 0.3) is 0 Å². The second kappa shape index (κ2) is 5.14. The van der Waals surface area contributed by atoms with E-state index in [1.54, 1.807) is 0 Å². The summed E-state index contributed by atoms with van der Waals surface area (Å²) in [5, 5.41) is 14.4. The molecule has 2 unspecified atom stereocenters. The summed E-state index contributed by atoms with van der Waals surface area (Å²) in [6.45, 7) is 3.11. The number of rotatable bonds is 4. The van der Waals surface area contributed by atoms with Gasteiger partial charge in [0.2, 0.25) is 0 Å². The molecule has 2 atom stereocenters. The number of nitrogens with one attached hydrogen (secondary N) is 2. The van der Waals surface area contributed by atoms with Crippen LogP contribution < -0.4 is 10.6 Å². The molecule has 1 heterocycles. The Balaban J connectivity index is 1.85. The van der Waals surface area contributed by atoms with Crippen LogP contribution in [-0.4, -0.2) is 41.9 Å². The quantitative estimate of drug-likeness (QED) is 0.691. The SMILES string of the molecule is CC1(NC(=O)NC(C(=O)O)C2CC2)CCCOC1. The summed E-state index contributed by atoms with van der Waals surface area (Å²) < 4.78 is 5.34. The molecule has 18 heavy (non-hydrogen) atoms. The van der Waals surface area contributed by atoms with E-state index < -0.39 is 23.6 Å². The van der Waals surface area contributed by atoms with Gasteiger partial charge in [0, 0.05) is 6.61 Å². The Kier molecular flexibility index (Phi) is 3.75. The molecule has 2 aliphatic rings. The van der Waals surface area contributed by atoms with Crippen LogP contribution in [0.2, 0.25) is 0 Å². The van der Waals surface area contributed by atoms with Crippen molar-refractivity contribution in [3.8, 4) is 0 Å². The van der Waals surface area contributed by atoms with Gasteiger partial charge in [-0.3, -0.25) is 0 Å². The van der Waals surface area contributed by atoms with Gasteiger partial charge in [0.1, 0.15) is 6.04 Å². The lowest BCUT2D eigenvalue weighted by molar-refractivity contribution is -0.139. The Bertz CT molecular complexity index is 335. The van der Waals surface area contributed by atoms with E-state index in [0.717, 1.165) is 32.3 Å². The summed E-state index contributed by atoms with van der Waals surface area (Å²) in [6, 6.07) is -1.18. The molecule has 2 rings (SSSR count). The largest absolute Gasteiger partial charge is 0.480 e. The second-order valence-electron chi connectivity index (χ2n) is 5.47. The maximum atomic E-state index is 11.8. The van der Waals surface area contributed by atoms with Crippen LogP contribution in [0.3, 0.4) is 0 Å². The topological polar surface area (TPSA) is 87.7 Å². The van der Waals surface area contributed by atoms with E-state index in [9.17, 15) is 9.59 Å². The first-order valence-electron chi connectivity index (χ1n) is 6.39. The van der Waals surface area contributed by atoms with Crippen LogP contribution in [0.1, 0.15) is 32.6 Å². The van der Waals surface area contributed by atoms with Crippen molar-refractivity contribution in [3.63, 3.8) is 0 Å². The average molecular weight is 256 g/mol. The summed E-state index contributed by atoms with van der Waals surface area (Å²) in [5.74, 6) is -0.874. The Labute approximate surface area is 106 Å². The fraction of sp³-hybridized carbons (Fsp3) is 0.833. The van der Waals surface area contributed by atoms with Crippen LogP contribution in [0.4, 0.5) is 4.79 Å². The number of carboxylic acid groups (broad SMARTS) is 1. The van der Waals surface area contributed by atoms with Crippen molar-refractivity contribution in [2.24, 2.45) is 5.92 Å². The minimum Gasteiger partial charge on any atom is -0.480 e. The first-order valence-corrected chi connectivity index (χ1v) is 6.39. The average Bonchev–Trinajstić information content (AvgIpc) is 3.09. The van der Waals surface area contributed by atoms with Crippen molar-refractivity contribution >= 4 is 12.0 Å². The third-order valence-electron chi connectivity index (χ3n) is 3.50. The summed E-state index contributed by atoms with van der Waals surface area (Å²) in [6.07, 6.45) is 3.50. The Morgan fingerprint density at radius 2 is 2.17 bits per heavy atom. The van der Waals surface area contributed by atoms with Gasteiger partial charge in [-0.15, -0.1) is 0 Å². The molecule has 3 N–H and O–H groups in total. The van der Waals surface area contributed by atoms with Crippen molar-refractivity contribution in [1.82, 2.24) is 10.6 Å². The fourth-order valence-corrected chi connectivity index (χ4v) is 2.29. The molecule has 1 aliphatic heterocycles. The predicted octanol–water partition coefficient (Wildman–Crippen LogP) is 0.718. The number of ether oxygens (including phenoxy) is 1. The van der Waals surface area contributed by atoms with Crippen LogP contribution in [0.5, 0.6) is 0 Å². The second-order valence-corrected chi connectivity index (χ2v) is 5.47. The molecular weight excluding hydrogens is 236 g/mol. The lowest BCUT2D eigenvalue weighted by atomic mass is 9.95. The van der Waals surface area contributed by atoms with Crippen molar-refractivity contribution in [1.29, 1.82) is 0 Å². The Hall–Kier alpha value is -1.30. The minimum atomic E-state index is -0.960. The number of hydrogen-bond donors (Lipinski definition) is 3. The number of carboxylic acids is 1. The standard InChI is InChI=1S/C12H20N2O4/c1-12(5-2-6-18-7-12)14-11(17)13-9(10(15)16)8-3-4-8/h8-9H,2-7H2,1H3,(H,15,16)(H2,13,14,17). The molecule has 0 spiro atoms. The van der Waals surface area contributed by atoms with Gasteiger partial charge in [0.15, 0.2) is 0 Å². The highest BCUT2D eigenvalue weighted by Gasteiger charge is 2.38. The molecule has 1 saturated heterocycles. The van der Waals surface area contributed by atoms with E-state index in [2.05, 4.69) is 10.6 Å². The van der Waals surface area contributed by atoms with Gasteiger partial charge in [0.05, 0.1) is 12.1 Å². The summed E-state index contributed by atoms with van der Waals surface area (Å²) >= 11 is 0. The van der Waals surface area contributed by atoms with Gasteiger partial charge in [-0.25, -0.2) is 9.59 Å². The lowest BCUT2D eigenvalue weighted by Gasteiger charge is -2.34. The molecule has 1 aliphatic carbocycles. The molecule has 2 amide bonds. The van der Waals surface area contributed by atoms with Crippen molar-refractivity contribution in [2.45, 2.75) is 44.2 Å². The number of carbonyl (C=O) groups excluding carboxylic acids is 1. The Morgan fingerprint density at radius 1 is 1.44 bits per heavy atom. The number of amides is 2. The fourth-order valence-electron chi connectivity index (χ4n) is 2.29. The molecular formula is C12H20N2O4. The molecule has 102 valence electrons. The highest BCUT2D eigenvalue weighted by molar-refractivity contribution is 5.83. The first-order chi connectivity index (χ1) is 8.50. The van der Waals surface area contributed by atoms with Gasteiger partial charge < -0.3 is 20.5 Å². The smallest absolute Gasteiger partial charge is 0.326 e. The summed E-state index contributed by atoms with van der Waals surface area (Å²) in [4.78, 5) is 22.8. The van der Waals surface area contributed by atoms with Crippen molar-refractivity contribution < 1.29 is 19.4 Å².